The van der Waals surface area contributed by atoms with Gasteiger partial charge in [-0.1, -0.05) is 17.3 Å². The largest absolute Gasteiger partial charge is 0.380 e. The molecule has 1 aromatic carbocycles. The molecule has 0 fully saturated rings. The average Bonchev–Trinajstić information content (AvgIpc) is 2.91. The lowest BCUT2D eigenvalue weighted by atomic mass is 10.2. The van der Waals surface area contributed by atoms with Crippen LogP contribution in [0.2, 0.25) is 0 Å². The first kappa shape index (κ1) is 15.1. The van der Waals surface area contributed by atoms with Crippen LogP contribution in [0.25, 0.3) is 11.4 Å². The standard InChI is InChI=1S/C14H18N4O3/c1-9-16-14(18-21-9)10-4-3-5-11(6-10)17-13(19)7-12(8-15)20-2/h3-6,12H,7-8,15H2,1-2H3,(H,17,19). The number of hydrogen-bond acceptors (Lipinski definition) is 6. The van der Waals surface area contributed by atoms with Gasteiger partial charge in [-0.05, 0) is 12.1 Å². The van der Waals surface area contributed by atoms with E-state index in [-0.39, 0.29) is 18.4 Å². The summed E-state index contributed by atoms with van der Waals surface area (Å²) in [6.07, 6.45) is -0.0773. The van der Waals surface area contributed by atoms with Crippen LogP contribution in [0.5, 0.6) is 0 Å². The fourth-order valence-corrected chi connectivity index (χ4v) is 1.83. The summed E-state index contributed by atoms with van der Waals surface area (Å²) in [5.74, 6) is 0.819. The van der Waals surface area contributed by atoms with E-state index in [0.29, 0.717) is 23.9 Å². The summed E-state index contributed by atoms with van der Waals surface area (Å²) in [5, 5.41) is 6.64. The van der Waals surface area contributed by atoms with Crippen LogP contribution >= 0.6 is 0 Å². The minimum absolute atomic E-state index is 0.159. The van der Waals surface area contributed by atoms with Gasteiger partial charge in [0.1, 0.15) is 0 Å². The van der Waals surface area contributed by atoms with E-state index in [1.54, 1.807) is 19.1 Å². The quantitative estimate of drug-likeness (QED) is 0.832. The second kappa shape index (κ2) is 6.96. The fraction of sp³-hybridized carbons (Fsp3) is 0.357. The topological polar surface area (TPSA) is 103 Å². The molecule has 0 aliphatic carbocycles. The Kier molecular flexibility index (Phi) is 5.02. The van der Waals surface area contributed by atoms with Crippen LogP contribution in [0.3, 0.4) is 0 Å². The van der Waals surface area contributed by atoms with Crippen molar-refractivity contribution in [2.75, 3.05) is 19.0 Å². The molecular formula is C14H18N4O3. The van der Waals surface area contributed by atoms with Crippen molar-refractivity contribution in [3.05, 3.63) is 30.2 Å². The SMILES string of the molecule is COC(CN)CC(=O)Nc1cccc(-c2noc(C)n2)c1. The number of hydrogen-bond donors (Lipinski definition) is 2. The van der Waals surface area contributed by atoms with Gasteiger partial charge in [-0.3, -0.25) is 4.79 Å². The number of rotatable bonds is 6. The van der Waals surface area contributed by atoms with Crippen molar-refractivity contribution >= 4 is 11.6 Å². The molecule has 7 heteroatoms. The van der Waals surface area contributed by atoms with Gasteiger partial charge in [-0.25, -0.2) is 0 Å². The average molecular weight is 290 g/mol. The molecule has 3 N–H and O–H groups in total. The van der Waals surface area contributed by atoms with Gasteiger partial charge in [0.05, 0.1) is 12.5 Å². The van der Waals surface area contributed by atoms with Crippen LogP contribution in [0, 0.1) is 6.92 Å². The molecule has 1 aromatic heterocycles. The van der Waals surface area contributed by atoms with Gasteiger partial charge in [0.2, 0.25) is 17.6 Å². The van der Waals surface area contributed by atoms with Gasteiger partial charge >= 0.3 is 0 Å². The number of nitrogens with two attached hydrogens (primary N) is 1. The zero-order valence-electron chi connectivity index (χ0n) is 12.0. The van der Waals surface area contributed by atoms with Crippen LogP contribution in [0.15, 0.2) is 28.8 Å². The molecule has 0 spiro atoms. The van der Waals surface area contributed by atoms with Crippen LogP contribution < -0.4 is 11.1 Å². The van der Waals surface area contributed by atoms with E-state index >= 15 is 0 Å². The fourth-order valence-electron chi connectivity index (χ4n) is 1.83. The monoisotopic (exact) mass is 290 g/mol. The number of carbonyl (C=O) groups excluding carboxylic acids is 1. The first-order valence-electron chi connectivity index (χ1n) is 6.56. The van der Waals surface area contributed by atoms with Crippen LogP contribution in [-0.4, -0.2) is 35.8 Å². The Balaban J connectivity index is 2.06. The molecule has 0 aliphatic heterocycles. The number of aromatic nitrogens is 2. The highest BCUT2D eigenvalue weighted by atomic mass is 16.5. The number of benzene rings is 1. The first-order chi connectivity index (χ1) is 10.1. The van der Waals surface area contributed by atoms with E-state index in [2.05, 4.69) is 15.5 Å². The Labute approximate surface area is 122 Å². The number of aryl methyl sites for hydroxylation is 1. The van der Waals surface area contributed by atoms with Gasteiger partial charge in [-0.15, -0.1) is 0 Å². The summed E-state index contributed by atoms with van der Waals surface area (Å²) >= 11 is 0. The molecule has 0 saturated heterocycles. The van der Waals surface area contributed by atoms with E-state index in [1.807, 2.05) is 12.1 Å². The number of ether oxygens (including phenoxy) is 1. The maximum atomic E-state index is 11.9. The molecule has 0 aliphatic rings. The van der Waals surface area contributed by atoms with E-state index in [4.69, 9.17) is 15.0 Å². The summed E-state index contributed by atoms with van der Waals surface area (Å²) in [4.78, 5) is 16.0. The van der Waals surface area contributed by atoms with Crippen molar-refractivity contribution in [1.82, 2.24) is 10.1 Å². The molecule has 112 valence electrons. The number of nitrogens with zero attached hydrogens (tertiary/aromatic N) is 2. The Morgan fingerprint density at radius 3 is 2.95 bits per heavy atom. The third-order valence-electron chi connectivity index (χ3n) is 2.94. The molecule has 1 heterocycles. The number of amides is 1. The molecule has 0 bridgehead atoms. The maximum Gasteiger partial charge on any atom is 0.227 e. The maximum absolute atomic E-state index is 11.9. The second-order valence-electron chi connectivity index (χ2n) is 4.56. The predicted molar refractivity (Wildman–Crippen MR) is 77.6 cm³/mol. The summed E-state index contributed by atoms with van der Waals surface area (Å²) in [6, 6.07) is 7.23. The first-order valence-corrected chi connectivity index (χ1v) is 6.56. The molecule has 0 radical (unpaired) electrons. The van der Waals surface area contributed by atoms with Gasteiger partial charge < -0.3 is 20.3 Å². The minimum Gasteiger partial charge on any atom is -0.380 e. The van der Waals surface area contributed by atoms with E-state index in [1.165, 1.54) is 7.11 Å². The summed E-state index contributed by atoms with van der Waals surface area (Å²) in [5.41, 5.74) is 6.92. The lowest BCUT2D eigenvalue weighted by Crippen LogP contribution is -2.28. The normalized spacial score (nSPS) is 12.1. The van der Waals surface area contributed by atoms with Gasteiger partial charge in [-0.2, -0.15) is 4.98 Å². The van der Waals surface area contributed by atoms with Crippen LogP contribution in [-0.2, 0) is 9.53 Å². The van der Waals surface area contributed by atoms with E-state index in [0.717, 1.165) is 5.56 Å². The predicted octanol–water partition coefficient (Wildman–Crippen LogP) is 1.35. The molecule has 7 nitrogen and oxygen atoms in total. The summed E-state index contributed by atoms with van der Waals surface area (Å²) in [6.45, 7) is 2.02. The van der Waals surface area contributed by atoms with Crippen molar-refractivity contribution in [2.24, 2.45) is 5.73 Å². The van der Waals surface area contributed by atoms with Crippen molar-refractivity contribution in [3.8, 4) is 11.4 Å². The molecule has 1 atom stereocenters. The molecule has 2 rings (SSSR count). The van der Waals surface area contributed by atoms with E-state index < -0.39 is 0 Å². The van der Waals surface area contributed by atoms with Crippen LogP contribution in [0.1, 0.15) is 12.3 Å². The number of methoxy groups -OCH3 is 1. The third-order valence-corrected chi connectivity index (χ3v) is 2.94. The zero-order chi connectivity index (χ0) is 15.2. The van der Waals surface area contributed by atoms with Crippen molar-refractivity contribution in [1.29, 1.82) is 0 Å². The smallest absolute Gasteiger partial charge is 0.227 e. The molecular weight excluding hydrogens is 272 g/mol. The van der Waals surface area contributed by atoms with Crippen molar-refractivity contribution < 1.29 is 14.1 Å². The Morgan fingerprint density at radius 1 is 1.52 bits per heavy atom. The molecule has 21 heavy (non-hydrogen) atoms. The lowest BCUT2D eigenvalue weighted by molar-refractivity contribution is -0.118. The molecule has 1 unspecified atom stereocenters. The van der Waals surface area contributed by atoms with Gasteiger partial charge in [0.15, 0.2) is 0 Å². The Morgan fingerprint density at radius 2 is 2.33 bits per heavy atom. The van der Waals surface area contributed by atoms with Crippen molar-refractivity contribution in [3.63, 3.8) is 0 Å². The lowest BCUT2D eigenvalue weighted by Gasteiger charge is -2.12. The highest BCUT2D eigenvalue weighted by molar-refractivity contribution is 5.91. The zero-order valence-corrected chi connectivity index (χ0v) is 12.0. The third kappa shape index (κ3) is 4.11. The Hall–Kier alpha value is -2.25. The Bertz CT molecular complexity index is 608. The van der Waals surface area contributed by atoms with Crippen LogP contribution in [0.4, 0.5) is 5.69 Å². The number of carbonyl (C=O) groups is 1. The minimum atomic E-state index is -0.284. The highest BCUT2D eigenvalue weighted by Crippen LogP contribution is 2.20. The highest BCUT2D eigenvalue weighted by Gasteiger charge is 2.12. The molecule has 0 saturated carbocycles. The van der Waals surface area contributed by atoms with Gasteiger partial charge in [0, 0.05) is 31.8 Å². The number of anilines is 1. The van der Waals surface area contributed by atoms with E-state index in [9.17, 15) is 4.79 Å². The summed E-state index contributed by atoms with van der Waals surface area (Å²) < 4.78 is 10.0. The summed E-state index contributed by atoms with van der Waals surface area (Å²) in [7, 11) is 1.53. The van der Waals surface area contributed by atoms with Crippen molar-refractivity contribution in [2.45, 2.75) is 19.4 Å². The number of nitrogens with one attached hydrogen (secondary N) is 1. The molecule has 2 aromatic rings. The molecule has 1 amide bonds. The second-order valence-corrected chi connectivity index (χ2v) is 4.56. The van der Waals surface area contributed by atoms with Gasteiger partial charge in [0.25, 0.3) is 0 Å².